The summed E-state index contributed by atoms with van der Waals surface area (Å²) in [6, 6.07) is 12.9. The number of phenols is 1. The Balaban J connectivity index is 1.90. The minimum atomic E-state index is -0.265. The maximum Gasteiger partial charge on any atom is 0.253 e. The molecule has 0 unspecified atom stereocenters. The number of hydrogen-bond acceptors (Lipinski definition) is 5. The van der Waals surface area contributed by atoms with Gasteiger partial charge in [-0.2, -0.15) is 5.10 Å². The molecule has 6 heteroatoms. The summed E-state index contributed by atoms with van der Waals surface area (Å²) < 4.78 is 5.02. The van der Waals surface area contributed by atoms with Gasteiger partial charge in [0.2, 0.25) is 0 Å². The van der Waals surface area contributed by atoms with Crippen LogP contribution in [0.25, 0.3) is 0 Å². The van der Waals surface area contributed by atoms with Crippen molar-refractivity contribution in [2.75, 3.05) is 7.11 Å². The maximum absolute atomic E-state index is 12.1. The van der Waals surface area contributed by atoms with Gasteiger partial charge in [-0.1, -0.05) is 17.7 Å². The number of aryl methyl sites for hydroxylation is 1. The number of benzene rings is 2. The molecule has 0 saturated heterocycles. The van der Waals surface area contributed by atoms with Crippen LogP contribution < -0.4 is 10.2 Å². The normalized spacial score (nSPS) is 12.1. The summed E-state index contributed by atoms with van der Waals surface area (Å²) in [5, 5.41) is 13.2. The molecule has 24 heavy (non-hydrogen) atoms. The van der Waals surface area contributed by atoms with E-state index >= 15 is 0 Å². The lowest BCUT2D eigenvalue weighted by Gasteiger charge is -2.09. The lowest BCUT2D eigenvalue weighted by Crippen LogP contribution is -2.26. The van der Waals surface area contributed by atoms with E-state index in [2.05, 4.69) is 10.5 Å². The summed E-state index contributed by atoms with van der Waals surface area (Å²) in [4.78, 5) is 13.1. The number of phenolic OH excluding ortho intramolecular Hbond substituents is 1. The van der Waals surface area contributed by atoms with Gasteiger partial charge in [0.05, 0.1) is 18.6 Å². The lowest BCUT2D eigenvalue weighted by molar-refractivity contribution is -0.120. The highest BCUT2D eigenvalue weighted by Crippen LogP contribution is 2.25. The number of nitrogens with zero attached hydrogens (tertiary/aromatic N) is 1. The Bertz CT molecular complexity index is 730. The van der Waals surface area contributed by atoms with Crippen LogP contribution in [0.3, 0.4) is 0 Å². The fourth-order valence-electron chi connectivity index (χ4n) is 1.91. The number of nitrogens with one attached hydrogen (secondary N) is 1. The Kier molecular flexibility index (Phi) is 6.26. The number of thioether (sulfide) groups is 1. The third-order valence-corrected chi connectivity index (χ3v) is 4.41. The van der Waals surface area contributed by atoms with Crippen molar-refractivity contribution >= 4 is 23.9 Å². The number of carbonyl (C=O) groups excluding carboxylic acids is 1. The number of amides is 1. The van der Waals surface area contributed by atoms with E-state index in [0.717, 1.165) is 4.90 Å². The minimum absolute atomic E-state index is 0.0572. The monoisotopic (exact) mass is 344 g/mol. The van der Waals surface area contributed by atoms with Crippen LogP contribution in [-0.2, 0) is 4.79 Å². The van der Waals surface area contributed by atoms with Crippen LogP contribution in [-0.4, -0.2) is 29.6 Å². The standard InChI is InChI=1S/C18H20N2O3S/c1-12-4-7-15(8-5-12)24-13(2)18(22)20-19-11-14-6-9-16(21)17(10-14)23-3/h4-11,13,21H,1-3H3,(H,20,22)/b19-11-/t13-/m1/s1. The van der Waals surface area contributed by atoms with Crippen LogP contribution in [0.5, 0.6) is 11.5 Å². The Hall–Kier alpha value is -2.47. The van der Waals surface area contributed by atoms with Gasteiger partial charge >= 0.3 is 0 Å². The molecule has 1 atom stereocenters. The van der Waals surface area contributed by atoms with E-state index < -0.39 is 0 Å². The molecule has 0 aromatic heterocycles. The number of hydrogen-bond donors (Lipinski definition) is 2. The minimum Gasteiger partial charge on any atom is -0.504 e. The summed E-state index contributed by atoms with van der Waals surface area (Å²) in [6.07, 6.45) is 1.50. The molecule has 2 rings (SSSR count). The SMILES string of the molecule is COc1cc(/C=N\NC(=O)[C@@H](C)Sc2ccc(C)cc2)ccc1O. The van der Waals surface area contributed by atoms with Crippen molar-refractivity contribution < 1.29 is 14.6 Å². The van der Waals surface area contributed by atoms with Crippen LogP contribution in [0.1, 0.15) is 18.1 Å². The molecule has 0 saturated carbocycles. The van der Waals surface area contributed by atoms with Gasteiger partial charge in [0, 0.05) is 4.90 Å². The molecule has 0 aliphatic heterocycles. The first-order chi connectivity index (χ1) is 11.5. The topological polar surface area (TPSA) is 70.9 Å². The lowest BCUT2D eigenvalue weighted by atomic mass is 10.2. The van der Waals surface area contributed by atoms with E-state index in [1.807, 2.05) is 38.1 Å². The molecule has 1 amide bonds. The average Bonchev–Trinajstić information content (AvgIpc) is 2.58. The van der Waals surface area contributed by atoms with Crippen LogP contribution in [0.4, 0.5) is 0 Å². The van der Waals surface area contributed by atoms with Gasteiger partial charge in [-0.05, 0) is 49.7 Å². The third-order valence-electron chi connectivity index (χ3n) is 3.30. The molecule has 2 aromatic carbocycles. The van der Waals surface area contributed by atoms with Gasteiger partial charge in [0.15, 0.2) is 11.5 Å². The molecule has 0 heterocycles. The Labute approximate surface area is 145 Å². The van der Waals surface area contributed by atoms with E-state index in [0.29, 0.717) is 11.3 Å². The number of aromatic hydroxyl groups is 1. The second-order valence-corrected chi connectivity index (χ2v) is 6.65. The fourth-order valence-corrected chi connectivity index (χ4v) is 2.77. The largest absolute Gasteiger partial charge is 0.504 e. The molecule has 2 N–H and O–H groups in total. The number of methoxy groups -OCH3 is 1. The van der Waals surface area contributed by atoms with Crippen molar-refractivity contribution in [3.63, 3.8) is 0 Å². The highest BCUT2D eigenvalue weighted by Gasteiger charge is 2.13. The molecule has 0 fully saturated rings. The molecule has 0 bridgehead atoms. The van der Waals surface area contributed by atoms with E-state index in [-0.39, 0.29) is 16.9 Å². The van der Waals surface area contributed by atoms with E-state index in [9.17, 15) is 9.90 Å². The predicted molar refractivity (Wildman–Crippen MR) is 96.9 cm³/mol. The molecule has 126 valence electrons. The molecule has 0 aliphatic rings. The van der Waals surface area contributed by atoms with Crippen LogP contribution >= 0.6 is 11.8 Å². The summed E-state index contributed by atoms with van der Waals surface area (Å²) in [5.41, 5.74) is 4.42. The van der Waals surface area contributed by atoms with E-state index in [4.69, 9.17) is 4.74 Å². The van der Waals surface area contributed by atoms with Crippen molar-refractivity contribution in [3.8, 4) is 11.5 Å². The van der Waals surface area contributed by atoms with Gasteiger partial charge in [-0.15, -0.1) is 11.8 Å². The first kappa shape index (κ1) is 17.9. The molecule has 2 aromatic rings. The number of rotatable bonds is 6. The Morgan fingerprint density at radius 1 is 1.29 bits per heavy atom. The molecule has 0 spiro atoms. The zero-order valence-electron chi connectivity index (χ0n) is 13.8. The summed E-state index contributed by atoms with van der Waals surface area (Å²) >= 11 is 1.48. The van der Waals surface area contributed by atoms with Crippen LogP contribution in [0.2, 0.25) is 0 Å². The van der Waals surface area contributed by atoms with Crippen molar-refractivity contribution in [2.45, 2.75) is 24.0 Å². The third kappa shape index (κ3) is 5.03. The van der Waals surface area contributed by atoms with Crippen LogP contribution in [0, 0.1) is 6.92 Å². The summed E-state index contributed by atoms with van der Waals surface area (Å²) in [5.74, 6) is 0.234. The van der Waals surface area contributed by atoms with Gasteiger partial charge in [0.1, 0.15) is 0 Å². The summed E-state index contributed by atoms with van der Waals surface area (Å²) in [6.45, 7) is 3.86. The van der Waals surface area contributed by atoms with Crippen molar-refractivity contribution in [3.05, 3.63) is 53.6 Å². The van der Waals surface area contributed by atoms with Gasteiger partial charge in [-0.3, -0.25) is 4.79 Å². The zero-order chi connectivity index (χ0) is 17.5. The van der Waals surface area contributed by atoms with Crippen LogP contribution in [0.15, 0.2) is 52.5 Å². The first-order valence-corrected chi connectivity index (χ1v) is 8.31. The number of ether oxygens (including phenoxy) is 1. The number of hydrazone groups is 1. The molecule has 0 aliphatic carbocycles. The molecule has 5 nitrogen and oxygen atoms in total. The van der Waals surface area contributed by atoms with Crippen molar-refractivity contribution in [2.24, 2.45) is 5.10 Å². The quantitative estimate of drug-likeness (QED) is 0.479. The molecular weight excluding hydrogens is 324 g/mol. The Morgan fingerprint density at radius 3 is 2.67 bits per heavy atom. The first-order valence-electron chi connectivity index (χ1n) is 7.43. The zero-order valence-corrected chi connectivity index (χ0v) is 14.6. The van der Waals surface area contributed by atoms with E-state index in [1.54, 1.807) is 12.1 Å². The van der Waals surface area contributed by atoms with Gasteiger partial charge in [0.25, 0.3) is 5.91 Å². The highest BCUT2D eigenvalue weighted by atomic mass is 32.2. The number of carbonyl (C=O) groups is 1. The maximum atomic E-state index is 12.1. The predicted octanol–water partition coefficient (Wildman–Crippen LogP) is 3.34. The van der Waals surface area contributed by atoms with Gasteiger partial charge in [-0.25, -0.2) is 5.43 Å². The highest BCUT2D eigenvalue weighted by molar-refractivity contribution is 8.00. The second-order valence-electron chi connectivity index (χ2n) is 5.24. The van der Waals surface area contributed by atoms with E-state index in [1.165, 1.54) is 36.7 Å². The van der Waals surface area contributed by atoms with Crippen molar-refractivity contribution in [1.82, 2.24) is 5.43 Å². The smallest absolute Gasteiger partial charge is 0.253 e. The average molecular weight is 344 g/mol. The molecule has 0 radical (unpaired) electrons. The fraction of sp³-hybridized carbons (Fsp3) is 0.222. The Morgan fingerprint density at radius 2 is 2.00 bits per heavy atom. The van der Waals surface area contributed by atoms with Gasteiger partial charge < -0.3 is 9.84 Å². The summed E-state index contributed by atoms with van der Waals surface area (Å²) in [7, 11) is 1.47. The van der Waals surface area contributed by atoms with Crippen molar-refractivity contribution in [1.29, 1.82) is 0 Å². The molecular formula is C18H20N2O3S. The second kappa shape index (κ2) is 8.40.